The number of aliphatic hydroxyl groups excluding tert-OH is 1. The fraction of sp³-hybridized carbons (Fsp3) is 0.667. The molecule has 3 rings (SSSR count). The van der Waals surface area contributed by atoms with Gasteiger partial charge in [0.2, 0.25) is 0 Å². The summed E-state index contributed by atoms with van der Waals surface area (Å²) in [6.07, 6.45) is 1.83. The van der Waals surface area contributed by atoms with Gasteiger partial charge in [-0.25, -0.2) is 0 Å². The van der Waals surface area contributed by atoms with Gasteiger partial charge in [-0.3, -0.25) is 9.89 Å². The van der Waals surface area contributed by atoms with E-state index in [1.54, 1.807) is 0 Å². The standard InChI is InChI=1S/C21H34N4O/c1-4-22-20(25-12-10-21(2,3)16-25)23-13-19(26)15-24-11-9-17-7-5-6-8-18(17)14-24/h5-8,19,26H,4,9-16H2,1-3H3,(H,22,23). The Morgan fingerprint density at radius 2 is 2.04 bits per heavy atom. The Kier molecular flexibility index (Phi) is 6.20. The first-order valence-corrected chi connectivity index (χ1v) is 9.97. The largest absolute Gasteiger partial charge is 0.390 e. The molecule has 0 radical (unpaired) electrons. The lowest BCUT2D eigenvalue weighted by Gasteiger charge is -2.30. The molecule has 2 N–H and O–H groups in total. The summed E-state index contributed by atoms with van der Waals surface area (Å²) < 4.78 is 0. The zero-order chi connectivity index (χ0) is 18.6. The predicted molar refractivity (Wildman–Crippen MR) is 107 cm³/mol. The Bertz CT molecular complexity index is 628. The highest BCUT2D eigenvalue weighted by Gasteiger charge is 2.31. The molecule has 1 unspecified atom stereocenters. The summed E-state index contributed by atoms with van der Waals surface area (Å²) in [4.78, 5) is 9.39. The van der Waals surface area contributed by atoms with E-state index >= 15 is 0 Å². The van der Waals surface area contributed by atoms with Crippen LogP contribution in [0.15, 0.2) is 29.3 Å². The molecule has 5 nitrogen and oxygen atoms in total. The van der Waals surface area contributed by atoms with Gasteiger partial charge in [-0.1, -0.05) is 38.1 Å². The minimum absolute atomic E-state index is 0.343. The van der Waals surface area contributed by atoms with E-state index in [0.29, 0.717) is 18.5 Å². The van der Waals surface area contributed by atoms with Gasteiger partial charge < -0.3 is 15.3 Å². The van der Waals surface area contributed by atoms with Crippen LogP contribution in [0.2, 0.25) is 0 Å². The third-order valence-electron chi connectivity index (χ3n) is 5.44. The molecule has 26 heavy (non-hydrogen) atoms. The highest BCUT2D eigenvalue weighted by molar-refractivity contribution is 5.80. The van der Waals surface area contributed by atoms with Crippen molar-refractivity contribution in [1.29, 1.82) is 0 Å². The van der Waals surface area contributed by atoms with Gasteiger partial charge >= 0.3 is 0 Å². The molecule has 1 aromatic carbocycles. The number of guanidine groups is 1. The lowest BCUT2D eigenvalue weighted by molar-refractivity contribution is 0.111. The zero-order valence-electron chi connectivity index (χ0n) is 16.5. The highest BCUT2D eigenvalue weighted by atomic mass is 16.3. The number of β-amino-alcohol motifs (C(OH)–C–C–N with tert-alkyl or cyclic N) is 1. The fourth-order valence-electron chi connectivity index (χ4n) is 3.98. The van der Waals surface area contributed by atoms with Crippen molar-refractivity contribution in [2.75, 3.05) is 39.3 Å². The molecule has 1 aromatic rings. The molecule has 1 fully saturated rings. The molecule has 1 saturated heterocycles. The molecule has 0 saturated carbocycles. The van der Waals surface area contributed by atoms with Gasteiger partial charge in [0.1, 0.15) is 0 Å². The number of likely N-dealkylation sites (tertiary alicyclic amines) is 1. The number of hydrogen-bond donors (Lipinski definition) is 2. The number of nitrogens with one attached hydrogen (secondary N) is 1. The van der Waals surface area contributed by atoms with E-state index in [1.807, 2.05) is 0 Å². The van der Waals surface area contributed by atoms with E-state index in [2.05, 4.69) is 60.2 Å². The first-order valence-electron chi connectivity index (χ1n) is 9.97. The van der Waals surface area contributed by atoms with Crippen molar-refractivity contribution in [3.8, 4) is 0 Å². The van der Waals surface area contributed by atoms with E-state index in [9.17, 15) is 5.11 Å². The third kappa shape index (κ3) is 4.98. The van der Waals surface area contributed by atoms with Crippen LogP contribution in [-0.2, 0) is 13.0 Å². The molecule has 0 aliphatic carbocycles. The van der Waals surface area contributed by atoms with Crippen LogP contribution >= 0.6 is 0 Å². The number of hydrogen-bond acceptors (Lipinski definition) is 3. The van der Waals surface area contributed by atoms with Crippen molar-refractivity contribution in [3.63, 3.8) is 0 Å². The molecule has 2 heterocycles. The van der Waals surface area contributed by atoms with Crippen LogP contribution in [0, 0.1) is 5.41 Å². The molecule has 0 amide bonds. The van der Waals surface area contributed by atoms with E-state index in [1.165, 1.54) is 17.5 Å². The Balaban J connectivity index is 1.53. The average molecular weight is 359 g/mol. The van der Waals surface area contributed by atoms with Crippen LogP contribution in [0.5, 0.6) is 0 Å². The van der Waals surface area contributed by atoms with Crippen molar-refractivity contribution >= 4 is 5.96 Å². The van der Waals surface area contributed by atoms with Crippen molar-refractivity contribution in [2.24, 2.45) is 10.4 Å². The first-order chi connectivity index (χ1) is 12.5. The molecule has 0 bridgehead atoms. The fourth-order valence-corrected chi connectivity index (χ4v) is 3.98. The number of benzene rings is 1. The predicted octanol–water partition coefficient (Wildman–Crippen LogP) is 2.10. The van der Waals surface area contributed by atoms with E-state index in [-0.39, 0.29) is 0 Å². The molecule has 1 atom stereocenters. The second-order valence-electron chi connectivity index (χ2n) is 8.44. The third-order valence-corrected chi connectivity index (χ3v) is 5.44. The monoisotopic (exact) mass is 358 g/mol. The summed E-state index contributed by atoms with van der Waals surface area (Å²) in [7, 11) is 0. The molecule has 0 spiro atoms. The average Bonchev–Trinajstić information content (AvgIpc) is 2.98. The van der Waals surface area contributed by atoms with Crippen molar-refractivity contribution in [1.82, 2.24) is 15.1 Å². The van der Waals surface area contributed by atoms with Gasteiger partial charge in [0.05, 0.1) is 12.6 Å². The molecular weight excluding hydrogens is 324 g/mol. The van der Waals surface area contributed by atoms with Crippen LogP contribution in [-0.4, -0.2) is 66.2 Å². The summed E-state index contributed by atoms with van der Waals surface area (Å²) in [6.45, 7) is 12.7. The zero-order valence-corrected chi connectivity index (χ0v) is 16.5. The molecule has 5 heteroatoms. The van der Waals surface area contributed by atoms with Crippen molar-refractivity contribution in [2.45, 2.75) is 46.3 Å². The SMILES string of the molecule is CCNC(=NCC(O)CN1CCc2ccccc2C1)N1CCC(C)(C)C1. The van der Waals surface area contributed by atoms with Gasteiger partial charge in [-0.05, 0) is 36.3 Å². The quantitative estimate of drug-likeness (QED) is 0.625. The number of aliphatic hydroxyl groups is 1. The number of nitrogens with zero attached hydrogens (tertiary/aromatic N) is 3. The van der Waals surface area contributed by atoms with Crippen LogP contribution in [0.25, 0.3) is 0 Å². The summed E-state index contributed by atoms with van der Waals surface area (Å²) >= 11 is 0. The molecule has 2 aliphatic rings. The Morgan fingerprint density at radius 1 is 1.27 bits per heavy atom. The molecule has 2 aliphatic heterocycles. The molecule has 0 aromatic heterocycles. The van der Waals surface area contributed by atoms with E-state index < -0.39 is 6.10 Å². The minimum atomic E-state index is -0.426. The summed E-state index contributed by atoms with van der Waals surface area (Å²) in [6, 6.07) is 8.63. The van der Waals surface area contributed by atoms with Crippen molar-refractivity contribution in [3.05, 3.63) is 35.4 Å². The first kappa shape index (κ1) is 19.2. The Labute approximate surface area is 158 Å². The van der Waals surface area contributed by atoms with Crippen molar-refractivity contribution < 1.29 is 5.11 Å². The smallest absolute Gasteiger partial charge is 0.194 e. The number of aliphatic imine (C=N–C) groups is 1. The maximum Gasteiger partial charge on any atom is 0.194 e. The minimum Gasteiger partial charge on any atom is -0.390 e. The maximum atomic E-state index is 10.5. The normalized spacial score (nSPS) is 21.5. The van der Waals surface area contributed by atoms with Crippen LogP contribution in [0.4, 0.5) is 0 Å². The van der Waals surface area contributed by atoms with E-state index in [0.717, 1.165) is 45.1 Å². The topological polar surface area (TPSA) is 51.1 Å². The van der Waals surface area contributed by atoms with Crippen LogP contribution in [0.1, 0.15) is 38.3 Å². The second kappa shape index (κ2) is 8.40. The second-order valence-corrected chi connectivity index (χ2v) is 8.44. The van der Waals surface area contributed by atoms with Gasteiger partial charge in [0.15, 0.2) is 5.96 Å². The van der Waals surface area contributed by atoms with Gasteiger partial charge in [0, 0.05) is 39.3 Å². The van der Waals surface area contributed by atoms with Gasteiger partial charge in [0.25, 0.3) is 0 Å². The maximum absolute atomic E-state index is 10.5. The highest BCUT2D eigenvalue weighted by Crippen LogP contribution is 2.28. The van der Waals surface area contributed by atoms with Gasteiger partial charge in [-0.15, -0.1) is 0 Å². The Hall–Kier alpha value is -1.59. The summed E-state index contributed by atoms with van der Waals surface area (Å²) in [5.74, 6) is 0.945. The number of fused-ring (bicyclic) bond motifs is 1. The van der Waals surface area contributed by atoms with Crippen LogP contribution < -0.4 is 5.32 Å². The summed E-state index contributed by atoms with van der Waals surface area (Å²) in [5.41, 5.74) is 3.18. The summed E-state index contributed by atoms with van der Waals surface area (Å²) in [5, 5.41) is 13.9. The molecular formula is C21H34N4O. The lowest BCUT2D eigenvalue weighted by Crippen LogP contribution is -2.42. The number of rotatable bonds is 5. The lowest BCUT2D eigenvalue weighted by atomic mass is 9.93. The Morgan fingerprint density at radius 3 is 2.73 bits per heavy atom. The molecule has 144 valence electrons. The van der Waals surface area contributed by atoms with Crippen LogP contribution in [0.3, 0.4) is 0 Å². The van der Waals surface area contributed by atoms with Gasteiger partial charge in [-0.2, -0.15) is 0 Å². The van der Waals surface area contributed by atoms with E-state index in [4.69, 9.17) is 4.99 Å².